The molecule has 0 aromatic heterocycles. The molecule has 0 bridgehead atoms. The zero-order valence-electron chi connectivity index (χ0n) is 18.2. The molecule has 3 aromatic carbocycles. The fourth-order valence-electron chi connectivity index (χ4n) is 4.28. The summed E-state index contributed by atoms with van der Waals surface area (Å²) in [6.07, 6.45) is -0.333. The summed E-state index contributed by atoms with van der Waals surface area (Å²) in [6, 6.07) is 17.8. The first-order valence-electron chi connectivity index (χ1n) is 10.2. The topological polar surface area (TPSA) is 81.8 Å². The zero-order valence-corrected chi connectivity index (χ0v) is 18.2. The van der Waals surface area contributed by atoms with Crippen molar-refractivity contribution in [3.63, 3.8) is 0 Å². The molecule has 0 unspecified atom stereocenters. The van der Waals surface area contributed by atoms with Crippen molar-refractivity contribution < 1.29 is 9.58 Å². The number of nitro benzene ring substituents is 1. The van der Waals surface area contributed by atoms with Crippen LogP contribution in [0.5, 0.6) is 0 Å². The van der Waals surface area contributed by atoms with Gasteiger partial charge in [0.25, 0.3) is 5.69 Å². The molecule has 1 atom stereocenters. The average molecular weight is 416 g/mol. The third-order valence-electron chi connectivity index (χ3n) is 5.49. The molecule has 7 heteroatoms. The number of nitrogens with zero attached hydrogens (tertiary/aromatic N) is 2. The lowest BCUT2D eigenvalue weighted by Crippen LogP contribution is -2.36. The molecule has 0 fully saturated rings. The summed E-state index contributed by atoms with van der Waals surface area (Å²) in [5.41, 5.74) is 5.93. The summed E-state index contributed by atoms with van der Waals surface area (Å²) in [5, 5.41) is 14.8. The summed E-state index contributed by atoms with van der Waals surface area (Å²) in [4.78, 5) is 22.6. The number of benzene rings is 3. The maximum atomic E-state index is 11.7. The first-order chi connectivity index (χ1) is 14.8. The van der Waals surface area contributed by atoms with Crippen LogP contribution in [0.4, 0.5) is 11.4 Å². The van der Waals surface area contributed by atoms with Crippen molar-refractivity contribution in [1.82, 2.24) is 0 Å². The second kappa shape index (κ2) is 9.66. The van der Waals surface area contributed by atoms with Gasteiger partial charge in [0.05, 0.1) is 16.6 Å². The minimum absolute atomic E-state index is 0.00593. The predicted octanol–water partition coefficient (Wildman–Crippen LogP) is 5.75. The highest BCUT2D eigenvalue weighted by atomic mass is 16.6. The van der Waals surface area contributed by atoms with Crippen LogP contribution in [0.15, 0.2) is 65.8 Å². The largest absolute Gasteiger partial charge is 0.424 e. The van der Waals surface area contributed by atoms with Gasteiger partial charge in [-0.3, -0.25) is 10.1 Å². The van der Waals surface area contributed by atoms with Crippen molar-refractivity contribution in [1.29, 1.82) is 0 Å². The van der Waals surface area contributed by atoms with Crippen LogP contribution in [0.3, 0.4) is 0 Å². The van der Waals surface area contributed by atoms with Gasteiger partial charge in [0.1, 0.15) is 5.69 Å². The standard InChI is InChI=1S/C24H25BN2O4/c1-16-13-17(2)24(18(3)14-16)25(4)31-23(15-19-9-5-7-11-21(19)26-28)20-10-6-8-12-22(20)27(29)30/h5-14,23H,15H2,1-4H3/t23-/m0/s1. The second-order valence-corrected chi connectivity index (χ2v) is 7.82. The van der Waals surface area contributed by atoms with E-state index >= 15 is 0 Å². The van der Waals surface area contributed by atoms with E-state index in [1.165, 1.54) is 11.6 Å². The van der Waals surface area contributed by atoms with Gasteiger partial charge in [0.2, 0.25) is 0 Å². The van der Waals surface area contributed by atoms with Crippen LogP contribution in [0, 0.1) is 35.8 Å². The van der Waals surface area contributed by atoms with Crippen molar-refractivity contribution in [2.75, 3.05) is 0 Å². The number of rotatable bonds is 8. The second-order valence-electron chi connectivity index (χ2n) is 7.82. The molecule has 0 amide bonds. The molecule has 0 heterocycles. The van der Waals surface area contributed by atoms with Gasteiger partial charge in [0.15, 0.2) is 0 Å². The summed E-state index contributed by atoms with van der Waals surface area (Å²) in [6.45, 7) is 7.79. The lowest BCUT2D eigenvalue weighted by atomic mass is 9.59. The number of aryl methyl sites for hydroxylation is 3. The molecule has 0 saturated carbocycles. The van der Waals surface area contributed by atoms with E-state index in [0.717, 1.165) is 16.6 Å². The van der Waals surface area contributed by atoms with E-state index in [1.54, 1.807) is 36.4 Å². The molecule has 0 saturated heterocycles. The average Bonchev–Trinajstić information content (AvgIpc) is 2.72. The van der Waals surface area contributed by atoms with Gasteiger partial charge in [0, 0.05) is 12.5 Å². The Morgan fingerprint density at radius 3 is 2.29 bits per heavy atom. The third-order valence-corrected chi connectivity index (χ3v) is 5.49. The van der Waals surface area contributed by atoms with Gasteiger partial charge in [-0.15, -0.1) is 4.91 Å². The Balaban J connectivity index is 2.04. The summed E-state index contributed by atoms with van der Waals surface area (Å²) in [5.74, 6) is 0. The van der Waals surface area contributed by atoms with Crippen LogP contribution in [0.2, 0.25) is 6.82 Å². The lowest BCUT2D eigenvalue weighted by Gasteiger charge is -2.24. The van der Waals surface area contributed by atoms with E-state index < -0.39 is 11.0 Å². The van der Waals surface area contributed by atoms with Gasteiger partial charge in [-0.25, -0.2) is 0 Å². The molecule has 0 N–H and O–H groups in total. The summed E-state index contributed by atoms with van der Waals surface area (Å²) < 4.78 is 6.47. The Morgan fingerprint density at radius 1 is 1.03 bits per heavy atom. The quantitative estimate of drug-likeness (QED) is 0.203. The Hall–Kier alpha value is -3.32. The molecule has 3 rings (SSSR count). The first kappa shape index (κ1) is 22.4. The zero-order chi connectivity index (χ0) is 22.5. The van der Waals surface area contributed by atoms with Gasteiger partial charge in [-0.05, 0) is 49.1 Å². The van der Waals surface area contributed by atoms with Crippen molar-refractivity contribution in [2.45, 2.75) is 40.1 Å². The number of para-hydroxylation sites is 1. The van der Waals surface area contributed by atoms with Crippen molar-refractivity contribution >= 4 is 23.8 Å². The smallest absolute Gasteiger partial charge is 0.324 e. The lowest BCUT2D eigenvalue weighted by molar-refractivity contribution is -0.386. The van der Waals surface area contributed by atoms with Crippen LogP contribution >= 0.6 is 0 Å². The maximum Gasteiger partial charge on any atom is 0.324 e. The number of nitro groups is 1. The van der Waals surface area contributed by atoms with Crippen molar-refractivity contribution in [3.05, 3.63) is 104 Å². The Kier molecular flexibility index (Phi) is 6.97. The third kappa shape index (κ3) is 5.06. The van der Waals surface area contributed by atoms with Crippen LogP contribution in [0.1, 0.15) is 33.9 Å². The van der Waals surface area contributed by atoms with E-state index in [0.29, 0.717) is 23.2 Å². The highest BCUT2D eigenvalue weighted by molar-refractivity contribution is 6.67. The molecule has 6 nitrogen and oxygen atoms in total. The summed E-state index contributed by atoms with van der Waals surface area (Å²) >= 11 is 0. The molecule has 0 aliphatic rings. The molecule has 0 spiro atoms. The molecule has 0 radical (unpaired) electrons. The SMILES string of the molecule is CB(O[C@@H](Cc1ccccc1N=O)c1ccccc1[N+](=O)[O-])c1c(C)cc(C)cc1C. The molecule has 0 aliphatic carbocycles. The number of nitroso groups, excluding NO2 is 1. The minimum Gasteiger partial charge on any atom is -0.424 e. The Morgan fingerprint density at radius 2 is 1.65 bits per heavy atom. The predicted molar refractivity (Wildman–Crippen MR) is 124 cm³/mol. The minimum atomic E-state index is -0.625. The van der Waals surface area contributed by atoms with Crippen LogP contribution in [-0.2, 0) is 11.1 Å². The van der Waals surface area contributed by atoms with Crippen molar-refractivity contribution in [2.24, 2.45) is 5.18 Å². The number of hydrogen-bond donors (Lipinski definition) is 0. The van der Waals surface area contributed by atoms with E-state index in [4.69, 9.17) is 4.65 Å². The fraction of sp³-hybridized carbons (Fsp3) is 0.250. The van der Waals surface area contributed by atoms with E-state index in [2.05, 4.69) is 24.2 Å². The Bertz CT molecular complexity index is 1090. The fourth-order valence-corrected chi connectivity index (χ4v) is 4.28. The maximum absolute atomic E-state index is 11.7. The monoisotopic (exact) mass is 416 g/mol. The number of hydrogen-bond acceptors (Lipinski definition) is 5. The Labute approximate surface area is 182 Å². The molecule has 31 heavy (non-hydrogen) atoms. The first-order valence-corrected chi connectivity index (χ1v) is 10.2. The molecule has 0 aliphatic heterocycles. The highest BCUT2D eigenvalue weighted by Gasteiger charge is 2.28. The van der Waals surface area contributed by atoms with Crippen LogP contribution in [-0.4, -0.2) is 11.8 Å². The molecular formula is C24H25BN2O4. The van der Waals surface area contributed by atoms with E-state index in [9.17, 15) is 15.0 Å². The van der Waals surface area contributed by atoms with Gasteiger partial charge >= 0.3 is 6.92 Å². The summed E-state index contributed by atoms with van der Waals surface area (Å²) in [7, 11) is 0. The van der Waals surface area contributed by atoms with Gasteiger partial charge < -0.3 is 4.65 Å². The van der Waals surface area contributed by atoms with Crippen molar-refractivity contribution in [3.8, 4) is 0 Å². The van der Waals surface area contributed by atoms with Gasteiger partial charge in [-0.2, -0.15) is 0 Å². The van der Waals surface area contributed by atoms with Crippen LogP contribution < -0.4 is 5.46 Å². The normalized spacial score (nSPS) is 11.7. The van der Waals surface area contributed by atoms with E-state index in [1.807, 2.05) is 26.7 Å². The van der Waals surface area contributed by atoms with Gasteiger partial charge in [-0.1, -0.05) is 66.0 Å². The van der Waals surface area contributed by atoms with Crippen LogP contribution in [0.25, 0.3) is 0 Å². The van der Waals surface area contributed by atoms with E-state index in [-0.39, 0.29) is 12.6 Å². The molecular weight excluding hydrogens is 391 g/mol. The highest BCUT2D eigenvalue weighted by Crippen LogP contribution is 2.33. The molecule has 158 valence electrons. The molecule has 3 aromatic rings.